The smallest absolute Gasteiger partial charge is 0.256 e. The van der Waals surface area contributed by atoms with Gasteiger partial charge in [-0.15, -0.1) is 0 Å². The number of dihydropyridines is 1. The van der Waals surface area contributed by atoms with Crippen molar-refractivity contribution in [2.45, 2.75) is 19.9 Å². The molecule has 24 heavy (non-hydrogen) atoms. The van der Waals surface area contributed by atoms with Crippen molar-refractivity contribution in [3.63, 3.8) is 0 Å². The van der Waals surface area contributed by atoms with Gasteiger partial charge in [0, 0.05) is 32.4 Å². The second-order valence-corrected chi connectivity index (χ2v) is 6.22. The molecule has 1 amide bonds. The number of carbonyl (C=O) groups is 1. The molecule has 125 valence electrons. The maximum absolute atomic E-state index is 14.1. The summed E-state index contributed by atoms with van der Waals surface area (Å²) in [6.07, 6.45) is 6.40. The van der Waals surface area contributed by atoms with E-state index >= 15 is 0 Å². The van der Waals surface area contributed by atoms with Crippen LogP contribution in [0.25, 0.3) is 0 Å². The summed E-state index contributed by atoms with van der Waals surface area (Å²) in [4.78, 5) is 16.6. The molecule has 1 radical (unpaired) electrons. The number of piperazine rings is 1. The van der Waals surface area contributed by atoms with Gasteiger partial charge in [0.05, 0.1) is 11.7 Å². The van der Waals surface area contributed by atoms with Crippen LogP contribution in [0.1, 0.15) is 17.3 Å². The van der Waals surface area contributed by atoms with Crippen molar-refractivity contribution in [1.82, 2.24) is 15.1 Å². The van der Waals surface area contributed by atoms with Gasteiger partial charge in [0.15, 0.2) is 0 Å². The van der Waals surface area contributed by atoms with Crippen LogP contribution in [0.3, 0.4) is 0 Å². The SMILES string of the molecule is C[B]c1ccc(C(=O)N2CCN(C3C=CC(C)=CN3)CC2)c(F)c1. The Labute approximate surface area is 143 Å². The summed E-state index contributed by atoms with van der Waals surface area (Å²) >= 11 is 0. The number of halogens is 1. The average Bonchev–Trinajstić information content (AvgIpc) is 2.62. The summed E-state index contributed by atoms with van der Waals surface area (Å²) in [5, 5.41) is 3.35. The van der Waals surface area contributed by atoms with Crippen molar-refractivity contribution in [1.29, 1.82) is 0 Å². The highest BCUT2D eigenvalue weighted by atomic mass is 19.1. The summed E-state index contributed by atoms with van der Waals surface area (Å²) in [5.41, 5.74) is 2.14. The van der Waals surface area contributed by atoms with Gasteiger partial charge in [-0.25, -0.2) is 4.39 Å². The molecule has 3 rings (SSSR count). The van der Waals surface area contributed by atoms with E-state index < -0.39 is 5.82 Å². The zero-order chi connectivity index (χ0) is 17.1. The van der Waals surface area contributed by atoms with Crippen molar-refractivity contribution >= 4 is 18.6 Å². The minimum atomic E-state index is -0.449. The Balaban J connectivity index is 1.60. The van der Waals surface area contributed by atoms with E-state index in [9.17, 15) is 9.18 Å². The number of benzene rings is 1. The molecular formula is C18H22BFN3O. The number of allylic oxidation sites excluding steroid dienone is 2. The zero-order valence-corrected chi connectivity index (χ0v) is 14.1. The second-order valence-electron chi connectivity index (χ2n) is 6.22. The molecule has 1 aromatic rings. The topological polar surface area (TPSA) is 35.6 Å². The highest BCUT2D eigenvalue weighted by molar-refractivity contribution is 6.51. The Morgan fingerprint density at radius 1 is 1.29 bits per heavy atom. The van der Waals surface area contributed by atoms with Crippen molar-refractivity contribution in [2.24, 2.45) is 0 Å². The molecule has 0 saturated carbocycles. The van der Waals surface area contributed by atoms with Crippen molar-refractivity contribution in [3.05, 3.63) is 53.5 Å². The maximum atomic E-state index is 14.1. The molecule has 4 nitrogen and oxygen atoms in total. The van der Waals surface area contributed by atoms with Crippen LogP contribution in [0.15, 0.2) is 42.1 Å². The molecule has 0 aromatic heterocycles. The molecule has 0 spiro atoms. The molecule has 1 unspecified atom stereocenters. The van der Waals surface area contributed by atoms with E-state index in [0.29, 0.717) is 13.1 Å². The second kappa shape index (κ2) is 7.22. The third-order valence-corrected chi connectivity index (χ3v) is 4.57. The maximum Gasteiger partial charge on any atom is 0.256 e. The van der Waals surface area contributed by atoms with Crippen molar-refractivity contribution in [2.75, 3.05) is 26.2 Å². The molecule has 2 aliphatic heterocycles. The number of hydrogen-bond acceptors (Lipinski definition) is 3. The zero-order valence-electron chi connectivity index (χ0n) is 14.1. The van der Waals surface area contributed by atoms with Crippen LogP contribution in [0, 0.1) is 5.82 Å². The van der Waals surface area contributed by atoms with Crippen LogP contribution in [0.4, 0.5) is 4.39 Å². The highest BCUT2D eigenvalue weighted by Crippen LogP contribution is 2.14. The largest absolute Gasteiger partial charge is 0.372 e. The average molecular weight is 326 g/mol. The molecule has 0 bridgehead atoms. The summed E-state index contributed by atoms with van der Waals surface area (Å²) < 4.78 is 14.1. The van der Waals surface area contributed by atoms with Gasteiger partial charge < -0.3 is 10.2 Å². The third-order valence-electron chi connectivity index (χ3n) is 4.57. The van der Waals surface area contributed by atoms with E-state index in [1.165, 1.54) is 11.6 Å². The summed E-state index contributed by atoms with van der Waals surface area (Å²) in [7, 11) is 1.82. The quantitative estimate of drug-likeness (QED) is 0.852. The minimum absolute atomic E-state index is 0.156. The van der Waals surface area contributed by atoms with E-state index in [2.05, 4.69) is 22.4 Å². The number of nitrogens with one attached hydrogen (secondary N) is 1. The van der Waals surface area contributed by atoms with E-state index in [4.69, 9.17) is 0 Å². The number of hydrogen-bond donors (Lipinski definition) is 1. The molecule has 1 aromatic carbocycles. The van der Waals surface area contributed by atoms with E-state index in [1.807, 2.05) is 27.2 Å². The molecule has 2 heterocycles. The fraction of sp³-hybridized carbons (Fsp3) is 0.389. The third kappa shape index (κ3) is 3.54. The highest BCUT2D eigenvalue weighted by Gasteiger charge is 2.27. The first-order chi connectivity index (χ1) is 11.6. The van der Waals surface area contributed by atoms with Crippen LogP contribution in [0.2, 0.25) is 6.82 Å². The number of rotatable bonds is 3. The summed E-state index contributed by atoms with van der Waals surface area (Å²) in [6.45, 7) is 6.64. The number of carbonyl (C=O) groups excluding carboxylic acids is 1. The lowest BCUT2D eigenvalue weighted by Crippen LogP contribution is -2.54. The molecule has 0 aliphatic carbocycles. The first-order valence-electron chi connectivity index (χ1n) is 8.32. The fourth-order valence-corrected chi connectivity index (χ4v) is 3.05. The Kier molecular flexibility index (Phi) is 5.04. The van der Waals surface area contributed by atoms with Crippen LogP contribution in [-0.2, 0) is 0 Å². The Hall–Kier alpha value is -2.08. The molecule has 1 fully saturated rings. The predicted molar refractivity (Wildman–Crippen MR) is 94.9 cm³/mol. The van der Waals surface area contributed by atoms with Gasteiger partial charge in [-0.05, 0) is 30.7 Å². The molecular weight excluding hydrogens is 304 g/mol. The summed E-state index contributed by atoms with van der Waals surface area (Å²) in [6, 6.07) is 4.77. The first-order valence-corrected chi connectivity index (χ1v) is 8.32. The predicted octanol–water partition coefficient (Wildman–Crippen LogP) is 1.35. The van der Waals surface area contributed by atoms with Gasteiger partial charge in [-0.1, -0.05) is 24.4 Å². The van der Waals surface area contributed by atoms with Gasteiger partial charge >= 0.3 is 0 Å². The van der Waals surface area contributed by atoms with Gasteiger partial charge in [-0.3, -0.25) is 9.69 Å². The Morgan fingerprint density at radius 2 is 2.04 bits per heavy atom. The number of nitrogens with zero attached hydrogens (tertiary/aromatic N) is 2. The van der Waals surface area contributed by atoms with E-state index in [0.717, 1.165) is 18.6 Å². The van der Waals surface area contributed by atoms with Crippen molar-refractivity contribution in [3.8, 4) is 0 Å². The van der Waals surface area contributed by atoms with Gasteiger partial charge in [0.2, 0.25) is 0 Å². The van der Waals surface area contributed by atoms with Gasteiger partial charge in [0.25, 0.3) is 5.91 Å². The molecule has 1 saturated heterocycles. The van der Waals surface area contributed by atoms with Crippen LogP contribution < -0.4 is 10.8 Å². The lowest BCUT2D eigenvalue weighted by atomic mass is 9.73. The van der Waals surface area contributed by atoms with Crippen LogP contribution >= 0.6 is 0 Å². The van der Waals surface area contributed by atoms with Crippen LogP contribution in [-0.4, -0.2) is 55.3 Å². The van der Waals surface area contributed by atoms with Gasteiger partial charge in [-0.2, -0.15) is 0 Å². The standard InChI is InChI=1S/C18H22BFN3O/c1-13-3-6-17(21-12-13)22-7-9-23(10-8-22)18(24)15-5-4-14(19-2)11-16(15)20/h3-6,11-12,17,21H,7-10H2,1-2H3. The monoisotopic (exact) mass is 326 g/mol. The van der Waals surface area contributed by atoms with Crippen molar-refractivity contribution < 1.29 is 9.18 Å². The molecule has 1 atom stereocenters. The lowest BCUT2D eigenvalue weighted by Gasteiger charge is -2.39. The van der Waals surface area contributed by atoms with Gasteiger partial charge in [0.1, 0.15) is 13.1 Å². The fourth-order valence-electron chi connectivity index (χ4n) is 3.05. The molecule has 6 heteroatoms. The molecule has 2 aliphatic rings. The Morgan fingerprint density at radius 3 is 2.62 bits per heavy atom. The normalized spacial score (nSPS) is 21.2. The molecule has 1 N–H and O–H groups in total. The number of amides is 1. The van der Waals surface area contributed by atoms with Crippen LogP contribution in [0.5, 0.6) is 0 Å². The lowest BCUT2D eigenvalue weighted by molar-refractivity contribution is 0.0583. The first kappa shape index (κ1) is 16.8. The van der Waals surface area contributed by atoms with E-state index in [-0.39, 0.29) is 17.6 Å². The minimum Gasteiger partial charge on any atom is -0.372 e. The Bertz CT molecular complexity index is 681. The van der Waals surface area contributed by atoms with E-state index in [1.54, 1.807) is 17.0 Å². The summed E-state index contributed by atoms with van der Waals surface area (Å²) in [5.74, 6) is -0.673.